The fourth-order valence-electron chi connectivity index (χ4n) is 8.33. The summed E-state index contributed by atoms with van der Waals surface area (Å²) in [6.07, 6.45) is 10.3. The molecular formula is C24H42B. The van der Waals surface area contributed by atoms with Crippen LogP contribution in [0.25, 0.3) is 0 Å². The topological polar surface area (TPSA) is 0 Å². The molecule has 1 heteroatoms. The molecule has 6 fully saturated rings. The zero-order chi connectivity index (χ0) is 18.2. The number of rotatable bonds is 5. The molecule has 141 valence electrons. The van der Waals surface area contributed by atoms with Gasteiger partial charge in [-0.25, -0.2) is 0 Å². The van der Waals surface area contributed by atoms with Gasteiger partial charge in [0, 0.05) is 0 Å². The Labute approximate surface area is 158 Å². The predicted octanol–water partition coefficient (Wildman–Crippen LogP) is 7.23. The molecule has 6 aliphatic carbocycles. The van der Waals surface area contributed by atoms with Crippen molar-refractivity contribution in [1.29, 1.82) is 0 Å². The lowest BCUT2D eigenvalue weighted by atomic mass is 9.27. The normalized spacial score (nSPS) is 52.0. The third-order valence-corrected chi connectivity index (χ3v) is 10.6. The van der Waals surface area contributed by atoms with Gasteiger partial charge >= 0.3 is 0 Å². The molecule has 25 heavy (non-hydrogen) atoms. The SMILES string of the molecule is CCCCC1(C)C([B]C2CC3CC(C2C)C3(C)C)CC2CC1C2(C)C. The molecule has 8 unspecified atom stereocenters. The molecule has 0 N–H and O–H groups in total. The first-order chi connectivity index (χ1) is 11.6. The van der Waals surface area contributed by atoms with Crippen LogP contribution < -0.4 is 0 Å². The fourth-order valence-corrected chi connectivity index (χ4v) is 8.33. The van der Waals surface area contributed by atoms with Crippen molar-refractivity contribution < 1.29 is 0 Å². The Kier molecular flexibility index (Phi) is 4.26. The van der Waals surface area contributed by atoms with Gasteiger partial charge in [-0.15, -0.1) is 0 Å². The number of unbranched alkanes of at least 4 members (excludes halogenated alkanes) is 1. The van der Waals surface area contributed by atoms with Crippen LogP contribution in [0.2, 0.25) is 11.6 Å². The van der Waals surface area contributed by atoms with E-state index in [9.17, 15) is 0 Å². The van der Waals surface area contributed by atoms with E-state index in [0.29, 0.717) is 16.2 Å². The van der Waals surface area contributed by atoms with Crippen LogP contribution in [0.15, 0.2) is 0 Å². The Morgan fingerprint density at radius 1 is 0.880 bits per heavy atom. The Bertz CT molecular complexity index is 520. The van der Waals surface area contributed by atoms with Gasteiger partial charge < -0.3 is 0 Å². The summed E-state index contributed by atoms with van der Waals surface area (Å²) in [4.78, 5) is 0. The molecule has 0 heterocycles. The van der Waals surface area contributed by atoms with Gasteiger partial charge in [-0.05, 0) is 65.1 Å². The van der Waals surface area contributed by atoms with Crippen molar-refractivity contribution in [3.05, 3.63) is 0 Å². The molecule has 0 aromatic rings. The quantitative estimate of drug-likeness (QED) is 0.463. The van der Waals surface area contributed by atoms with Crippen LogP contribution in [0.1, 0.15) is 93.4 Å². The lowest BCUT2D eigenvalue weighted by Gasteiger charge is -2.69. The molecule has 0 saturated heterocycles. The van der Waals surface area contributed by atoms with Crippen LogP contribution in [0, 0.1) is 45.8 Å². The highest BCUT2D eigenvalue weighted by molar-refractivity contribution is 6.40. The molecule has 0 aliphatic heterocycles. The van der Waals surface area contributed by atoms with Gasteiger partial charge in [-0.3, -0.25) is 0 Å². The lowest BCUT2D eigenvalue weighted by molar-refractivity contribution is -0.153. The van der Waals surface area contributed by atoms with E-state index in [-0.39, 0.29) is 0 Å². The van der Waals surface area contributed by atoms with E-state index in [0.717, 1.165) is 41.2 Å². The van der Waals surface area contributed by atoms with E-state index in [1.54, 1.807) is 0 Å². The lowest BCUT2D eigenvalue weighted by Crippen LogP contribution is -2.61. The highest BCUT2D eigenvalue weighted by atomic mass is 14.7. The van der Waals surface area contributed by atoms with Crippen LogP contribution in [0.4, 0.5) is 0 Å². The maximum absolute atomic E-state index is 2.93. The molecule has 0 amide bonds. The van der Waals surface area contributed by atoms with Crippen molar-refractivity contribution in [1.82, 2.24) is 0 Å². The van der Waals surface area contributed by atoms with E-state index in [1.807, 2.05) is 0 Å². The summed E-state index contributed by atoms with van der Waals surface area (Å²) in [7, 11) is 2.93. The first kappa shape index (κ1) is 18.4. The van der Waals surface area contributed by atoms with Crippen molar-refractivity contribution in [3.63, 3.8) is 0 Å². The zero-order valence-corrected chi connectivity index (χ0v) is 18.1. The van der Waals surface area contributed by atoms with E-state index in [2.05, 4.69) is 55.7 Å². The minimum Gasteiger partial charge on any atom is -0.0655 e. The van der Waals surface area contributed by atoms with Crippen molar-refractivity contribution in [3.8, 4) is 0 Å². The van der Waals surface area contributed by atoms with Crippen LogP contribution >= 0.6 is 0 Å². The highest BCUT2D eigenvalue weighted by Gasteiger charge is 2.63. The van der Waals surface area contributed by atoms with Gasteiger partial charge in [0.1, 0.15) is 7.28 Å². The third kappa shape index (κ3) is 2.46. The Morgan fingerprint density at radius 2 is 1.56 bits per heavy atom. The minimum atomic E-state index is 0.575. The van der Waals surface area contributed by atoms with Gasteiger partial charge in [0.15, 0.2) is 0 Å². The number of hydrogen-bond acceptors (Lipinski definition) is 0. The molecule has 4 bridgehead atoms. The minimum absolute atomic E-state index is 0.575. The van der Waals surface area contributed by atoms with Gasteiger partial charge in [-0.1, -0.05) is 85.8 Å². The predicted molar refractivity (Wildman–Crippen MR) is 110 cm³/mol. The molecule has 1 radical (unpaired) electrons. The highest BCUT2D eigenvalue weighted by Crippen LogP contribution is 2.72. The van der Waals surface area contributed by atoms with E-state index < -0.39 is 0 Å². The first-order valence-corrected chi connectivity index (χ1v) is 11.5. The molecule has 0 spiro atoms. The van der Waals surface area contributed by atoms with Crippen LogP contribution in [0.3, 0.4) is 0 Å². The van der Waals surface area contributed by atoms with Crippen molar-refractivity contribution in [2.45, 2.75) is 105 Å². The van der Waals surface area contributed by atoms with Crippen LogP contribution in [-0.4, -0.2) is 7.28 Å². The number of hydrogen-bond donors (Lipinski definition) is 0. The van der Waals surface area contributed by atoms with Crippen molar-refractivity contribution >= 4 is 7.28 Å². The zero-order valence-electron chi connectivity index (χ0n) is 18.1. The fraction of sp³-hybridized carbons (Fsp3) is 1.00. The van der Waals surface area contributed by atoms with Gasteiger partial charge in [0.2, 0.25) is 0 Å². The summed E-state index contributed by atoms with van der Waals surface area (Å²) >= 11 is 0. The summed E-state index contributed by atoms with van der Waals surface area (Å²) in [5.41, 5.74) is 1.81. The smallest absolute Gasteiger partial charge is 0.0655 e. The van der Waals surface area contributed by atoms with Gasteiger partial charge in [0.05, 0.1) is 0 Å². The molecule has 6 aliphatic rings. The van der Waals surface area contributed by atoms with E-state index in [4.69, 9.17) is 0 Å². The summed E-state index contributed by atoms with van der Waals surface area (Å²) in [6.45, 7) is 17.9. The molecular weight excluding hydrogens is 299 g/mol. The van der Waals surface area contributed by atoms with E-state index in [1.165, 1.54) is 44.9 Å². The summed E-state index contributed by atoms with van der Waals surface area (Å²) in [5, 5.41) is 0. The third-order valence-electron chi connectivity index (χ3n) is 10.6. The van der Waals surface area contributed by atoms with Crippen molar-refractivity contribution in [2.24, 2.45) is 45.8 Å². The molecule has 6 rings (SSSR count). The molecule has 0 nitrogen and oxygen atoms in total. The second-order valence-electron chi connectivity index (χ2n) is 12.1. The first-order valence-electron chi connectivity index (χ1n) is 11.5. The second-order valence-corrected chi connectivity index (χ2v) is 12.1. The van der Waals surface area contributed by atoms with E-state index >= 15 is 0 Å². The van der Waals surface area contributed by atoms with Crippen LogP contribution in [0.5, 0.6) is 0 Å². The summed E-state index contributed by atoms with van der Waals surface area (Å²) < 4.78 is 0. The average molecular weight is 341 g/mol. The Morgan fingerprint density at radius 3 is 2.12 bits per heavy atom. The molecule has 6 saturated carbocycles. The summed E-state index contributed by atoms with van der Waals surface area (Å²) in [6, 6.07) is 0. The van der Waals surface area contributed by atoms with Gasteiger partial charge in [0.25, 0.3) is 0 Å². The Hall–Kier alpha value is 0.0649. The standard InChI is InChI=1S/C24H42B/c1-8-9-10-24(7)20-13-17(23(20,5)6)14-21(24)25-19-12-16-11-18(15(19)2)22(16,3)4/h15-21H,8-14H2,1-7H3. The van der Waals surface area contributed by atoms with Crippen molar-refractivity contribution in [2.75, 3.05) is 0 Å². The average Bonchev–Trinajstić information content (AvgIpc) is 2.55. The molecule has 0 aromatic carbocycles. The van der Waals surface area contributed by atoms with Crippen LogP contribution in [-0.2, 0) is 0 Å². The summed E-state index contributed by atoms with van der Waals surface area (Å²) in [5.74, 6) is 6.68. The Balaban J connectivity index is 1.50. The monoisotopic (exact) mass is 341 g/mol. The molecule has 0 aromatic heterocycles. The second kappa shape index (κ2) is 5.78. The largest absolute Gasteiger partial charge is 0.118 e. The maximum atomic E-state index is 2.93. The maximum Gasteiger partial charge on any atom is 0.118 e. The number of fused-ring (bicyclic) bond motifs is 4. The molecule has 8 atom stereocenters. The van der Waals surface area contributed by atoms with Gasteiger partial charge in [-0.2, -0.15) is 0 Å².